The summed E-state index contributed by atoms with van der Waals surface area (Å²) in [6.07, 6.45) is 0. The molecule has 1 aromatic heterocycles. The molecule has 0 fully saturated rings. The summed E-state index contributed by atoms with van der Waals surface area (Å²) in [7, 11) is 0. The third kappa shape index (κ3) is 5.12. The van der Waals surface area contributed by atoms with Crippen molar-refractivity contribution in [2.24, 2.45) is 0 Å². The third-order valence-electron chi connectivity index (χ3n) is 10.3. The van der Waals surface area contributed by atoms with E-state index in [1.807, 2.05) is 0 Å². The summed E-state index contributed by atoms with van der Waals surface area (Å²) in [6.45, 7) is 0. The molecule has 0 amide bonds. The van der Waals surface area contributed by atoms with Crippen molar-refractivity contribution in [1.29, 1.82) is 0 Å². The lowest BCUT2D eigenvalue weighted by molar-refractivity contribution is 0.672. The quantitative estimate of drug-likeness (QED) is 0.176. The van der Waals surface area contributed by atoms with Gasteiger partial charge in [-0.15, -0.1) is 0 Å². The van der Waals surface area contributed by atoms with E-state index in [0.29, 0.717) is 0 Å². The van der Waals surface area contributed by atoms with Crippen molar-refractivity contribution in [1.82, 2.24) is 0 Å². The normalized spacial score (nSPS) is 11.5. The molecule has 1 heterocycles. The van der Waals surface area contributed by atoms with Crippen LogP contribution < -0.4 is 4.90 Å². The van der Waals surface area contributed by atoms with Crippen LogP contribution in [0, 0.1) is 0 Å². The fourth-order valence-electron chi connectivity index (χ4n) is 7.69. The van der Waals surface area contributed by atoms with Gasteiger partial charge in [-0.25, -0.2) is 0 Å². The number of benzene rings is 9. The van der Waals surface area contributed by atoms with Gasteiger partial charge in [0.2, 0.25) is 0 Å². The maximum absolute atomic E-state index is 6.66. The van der Waals surface area contributed by atoms with Crippen LogP contribution in [0.2, 0.25) is 0 Å². The first kappa shape index (κ1) is 30.0. The Bertz CT molecular complexity index is 2890. The highest BCUT2D eigenvalue weighted by atomic mass is 16.3. The highest BCUT2D eigenvalue weighted by molar-refractivity contribution is 6.19. The molecule has 9 aromatic carbocycles. The summed E-state index contributed by atoms with van der Waals surface area (Å²) in [5.74, 6) is 0. The summed E-state index contributed by atoms with van der Waals surface area (Å²) >= 11 is 0. The number of hydrogen-bond donors (Lipinski definition) is 0. The summed E-state index contributed by atoms with van der Waals surface area (Å²) in [6, 6.07) is 71.6. The van der Waals surface area contributed by atoms with Gasteiger partial charge in [-0.3, -0.25) is 0 Å². The fraction of sp³-hybridized carbons (Fsp3) is 0. The van der Waals surface area contributed by atoms with Crippen LogP contribution in [-0.4, -0.2) is 0 Å². The number of furan rings is 1. The number of para-hydroxylation sites is 1. The smallest absolute Gasteiger partial charge is 0.143 e. The zero-order valence-electron chi connectivity index (χ0n) is 28.4. The summed E-state index contributed by atoms with van der Waals surface area (Å²) in [5, 5.41) is 7.01. The second-order valence-corrected chi connectivity index (χ2v) is 13.3. The average Bonchev–Trinajstić information content (AvgIpc) is 3.62. The molecule has 0 bridgehead atoms. The molecule has 0 spiro atoms. The number of anilines is 3. The second kappa shape index (κ2) is 12.5. The molecule has 52 heavy (non-hydrogen) atoms. The Morgan fingerprint density at radius 3 is 1.75 bits per heavy atom. The van der Waals surface area contributed by atoms with E-state index < -0.39 is 0 Å². The SMILES string of the molecule is c1ccc(-c2ccccc2N(c2ccc(-c3ccc(-c4ccc5ccccc5c4)cc3)cc2)c2cccc3oc4c5ccccc5ccc4c23)cc1. The molecule has 244 valence electrons. The van der Waals surface area contributed by atoms with E-state index >= 15 is 0 Å². The molecular weight excluding hydrogens is 631 g/mol. The predicted molar refractivity (Wildman–Crippen MR) is 220 cm³/mol. The Kier molecular flexibility index (Phi) is 7.18. The Labute approximate surface area is 302 Å². The zero-order valence-corrected chi connectivity index (χ0v) is 28.4. The molecule has 0 N–H and O–H groups in total. The number of nitrogens with zero attached hydrogens (tertiary/aromatic N) is 1. The Morgan fingerprint density at radius 1 is 0.346 bits per heavy atom. The molecule has 10 rings (SSSR count). The van der Waals surface area contributed by atoms with Gasteiger partial charge in [-0.2, -0.15) is 0 Å². The maximum Gasteiger partial charge on any atom is 0.143 e. The summed E-state index contributed by atoms with van der Waals surface area (Å²) in [5.41, 5.74) is 12.1. The monoisotopic (exact) mass is 663 g/mol. The van der Waals surface area contributed by atoms with Gasteiger partial charge in [0.15, 0.2) is 0 Å². The fourth-order valence-corrected chi connectivity index (χ4v) is 7.69. The molecule has 0 saturated carbocycles. The van der Waals surface area contributed by atoms with Gasteiger partial charge >= 0.3 is 0 Å². The van der Waals surface area contributed by atoms with Gasteiger partial charge < -0.3 is 9.32 Å². The molecule has 2 nitrogen and oxygen atoms in total. The minimum absolute atomic E-state index is 0.870. The zero-order chi connectivity index (χ0) is 34.4. The first-order chi connectivity index (χ1) is 25.8. The molecule has 0 aliphatic rings. The van der Waals surface area contributed by atoms with Crippen molar-refractivity contribution in [3.05, 3.63) is 200 Å². The minimum Gasteiger partial charge on any atom is -0.455 e. The van der Waals surface area contributed by atoms with Crippen LogP contribution in [0.25, 0.3) is 76.9 Å². The van der Waals surface area contributed by atoms with Crippen LogP contribution in [0.4, 0.5) is 17.1 Å². The van der Waals surface area contributed by atoms with Crippen molar-refractivity contribution < 1.29 is 4.42 Å². The largest absolute Gasteiger partial charge is 0.455 e. The van der Waals surface area contributed by atoms with Crippen LogP contribution in [0.1, 0.15) is 0 Å². The van der Waals surface area contributed by atoms with Crippen LogP contribution in [0.15, 0.2) is 205 Å². The molecule has 0 radical (unpaired) electrons. The van der Waals surface area contributed by atoms with E-state index in [1.165, 1.54) is 44.0 Å². The summed E-state index contributed by atoms with van der Waals surface area (Å²) in [4.78, 5) is 2.39. The van der Waals surface area contributed by atoms with Crippen LogP contribution >= 0.6 is 0 Å². The van der Waals surface area contributed by atoms with Gasteiger partial charge in [0, 0.05) is 22.0 Å². The summed E-state index contributed by atoms with van der Waals surface area (Å²) < 4.78 is 6.66. The molecule has 0 saturated heterocycles. The Morgan fingerprint density at radius 2 is 0.942 bits per heavy atom. The lowest BCUT2D eigenvalue weighted by Gasteiger charge is -2.28. The maximum atomic E-state index is 6.66. The molecule has 2 heteroatoms. The van der Waals surface area contributed by atoms with Crippen molar-refractivity contribution in [3.8, 4) is 33.4 Å². The van der Waals surface area contributed by atoms with Gasteiger partial charge in [0.05, 0.1) is 16.8 Å². The predicted octanol–water partition coefficient (Wildman–Crippen LogP) is 14.4. The highest BCUT2D eigenvalue weighted by Gasteiger charge is 2.22. The number of hydrogen-bond acceptors (Lipinski definition) is 2. The standard InChI is InChI=1S/C50H33NO/c1-2-12-38(13-3-1)43-16-8-9-18-46(43)51(47-19-10-20-48-49(47)45-32-29-39-14-6-7-17-44(39)50(45)52-48)42-30-27-36(28-31-42)35-21-23-37(24-22-35)41-26-25-34-11-4-5-15-40(34)33-41/h1-33H. The van der Waals surface area contributed by atoms with Crippen LogP contribution in [-0.2, 0) is 0 Å². The molecule has 0 unspecified atom stereocenters. The van der Waals surface area contributed by atoms with E-state index in [-0.39, 0.29) is 0 Å². The van der Waals surface area contributed by atoms with Gasteiger partial charge in [-0.1, -0.05) is 158 Å². The van der Waals surface area contributed by atoms with Crippen molar-refractivity contribution >= 4 is 60.5 Å². The van der Waals surface area contributed by atoms with Gasteiger partial charge in [-0.05, 0) is 86.4 Å². The minimum atomic E-state index is 0.870. The van der Waals surface area contributed by atoms with Gasteiger partial charge in [0.1, 0.15) is 11.2 Å². The molecule has 0 aliphatic carbocycles. The molecule has 0 aliphatic heterocycles. The molecule has 10 aromatic rings. The van der Waals surface area contributed by atoms with E-state index in [0.717, 1.165) is 50.0 Å². The Balaban J connectivity index is 1.10. The second-order valence-electron chi connectivity index (χ2n) is 13.3. The van der Waals surface area contributed by atoms with E-state index in [4.69, 9.17) is 4.42 Å². The van der Waals surface area contributed by atoms with Crippen molar-refractivity contribution in [2.45, 2.75) is 0 Å². The van der Waals surface area contributed by atoms with Crippen molar-refractivity contribution in [3.63, 3.8) is 0 Å². The third-order valence-corrected chi connectivity index (χ3v) is 10.3. The highest BCUT2D eigenvalue weighted by Crippen LogP contribution is 2.47. The lowest BCUT2D eigenvalue weighted by atomic mass is 9.98. The van der Waals surface area contributed by atoms with E-state index in [9.17, 15) is 0 Å². The first-order valence-electron chi connectivity index (χ1n) is 17.8. The van der Waals surface area contributed by atoms with Crippen LogP contribution in [0.5, 0.6) is 0 Å². The first-order valence-corrected chi connectivity index (χ1v) is 17.8. The van der Waals surface area contributed by atoms with Gasteiger partial charge in [0.25, 0.3) is 0 Å². The average molecular weight is 664 g/mol. The topological polar surface area (TPSA) is 16.4 Å². The van der Waals surface area contributed by atoms with Crippen LogP contribution in [0.3, 0.4) is 0 Å². The Hall–Kier alpha value is -6.90. The van der Waals surface area contributed by atoms with Crippen molar-refractivity contribution in [2.75, 3.05) is 4.90 Å². The number of rotatable bonds is 6. The number of fused-ring (bicyclic) bond motifs is 6. The molecule has 0 atom stereocenters. The van der Waals surface area contributed by atoms with E-state index in [2.05, 4.69) is 205 Å². The lowest BCUT2D eigenvalue weighted by Crippen LogP contribution is -2.11. The molecular formula is C50H33NO. The van der Waals surface area contributed by atoms with E-state index in [1.54, 1.807) is 0 Å².